The minimum absolute atomic E-state index is 0.0198. The molecule has 0 unspecified atom stereocenters. The number of esters is 1. The number of ether oxygens (including phenoxy) is 1. The van der Waals surface area contributed by atoms with Gasteiger partial charge in [-0.1, -0.05) is 19.1 Å². The van der Waals surface area contributed by atoms with Crippen LogP contribution in [0.25, 0.3) is 0 Å². The predicted octanol–water partition coefficient (Wildman–Crippen LogP) is 3.12. The monoisotopic (exact) mass is 478 g/mol. The van der Waals surface area contributed by atoms with Crippen LogP contribution < -0.4 is 5.32 Å². The van der Waals surface area contributed by atoms with Gasteiger partial charge in [0.1, 0.15) is 5.00 Å². The Labute approximate surface area is 191 Å². The number of amides is 1. The van der Waals surface area contributed by atoms with Crippen LogP contribution in [-0.4, -0.2) is 51.1 Å². The maximum atomic E-state index is 12.8. The van der Waals surface area contributed by atoms with Gasteiger partial charge in [-0.3, -0.25) is 9.59 Å². The first-order valence-corrected chi connectivity index (χ1v) is 12.4. The molecule has 0 saturated heterocycles. The number of sulfonamides is 1. The second-order valence-corrected chi connectivity index (χ2v) is 11.1. The fraction of sp³-hybridized carbons (Fsp3) is 0.409. The summed E-state index contributed by atoms with van der Waals surface area (Å²) in [5.74, 6) is -0.760. The minimum Gasteiger partial charge on any atom is -0.465 e. The lowest BCUT2D eigenvalue weighted by Crippen LogP contribution is -2.35. The number of anilines is 1. The number of rotatable bonds is 7. The van der Waals surface area contributed by atoms with Crippen LogP contribution >= 0.6 is 11.3 Å². The zero-order valence-corrected chi connectivity index (χ0v) is 20.1. The van der Waals surface area contributed by atoms with Gasteiger partial charge in [-0.05, 0) is 49.8 Å². The fourth-order valence-electron chi connectivity index (χ4n) is 3.65. The number of ketones is 1. The lowest BCUT2D eigenvalue weighted by molar-refractivity contribution is -0.116. The first kappa shape index (κ1) is 24.1. The summed E-state index contributed by atoms with van der Waals surface area (Å²) in [7, 11) is -1.34. The first-order valence-electron chi connectivity index (χ1n) is 10.1. The number of thiophene rings is 1. The minimum atomic E-state index is -3.94. The smallest absolute Gasteiger partial charge is 0.341 e. The van der Waals surface area contributed by atoms with Gasteiger partial charge in [0.05, 0.1) is 24.1 Å². The molecule has 1 atom stereocenters. The van der Waals surface area contributed by atoms with E-state index < -0.39 is 28.4 Å². The Morgan fingerprint density at radius 1 is 1.22 bits per heavy atom. The van der Waals surface area contributed by atoms with Crippen molar-refractivity contribution >= 4 is 44.0 Å². The number of carbonyl (C=O) groups is 3. The standard InChI is InChI=1S/C22H26N2O6S2/c1-13-5-10-17-18(11-13)31-21(20(17)22(27)30-4)23-19(26)12-24(3)32(28,29)16-8-6-15(7-9-16)14(2)25/h6-9,13H,5,10-12H2,1-4H3,(H,23,26)/t13-/m0/s1. The molecule has 0 spiro atoms. The van der Waals surface area contributed by atoms with Gasteiger partial charge in [-0.15, -0.1) is 11.3 Å². The Hall–Kier alpha value is -2.56. The van der Waals surface area contributed by atoms with E-state index in [4.69, 9.17) is 4.74 Å². The quantitative estimate of drug-likeness (QED) is 0.484. The highest BCUT2D eigenvalue weighted by Crippen LogP contribution is 2.40. The van der Waals surface area contributed by atoms with E-state index >= 15 is 0 Å². The zero-order valence-electron chi connectivity index (χ0n) is 18.4. The Kier molecular flexibility index (Phi) is 7.16. The van der Waals surface area contributed by atoms with E-state index in [2.05, 4.69) is 12.2 Å². The highest BCUT2D eigenvalue weighted by molar-refractivity contribution is 7.89. The summed E-state index contributed by atoms with van der Waals surface area (Å²) in [5, 5.41) is 3.09. The van der Waals surface area contributed by atoms with E-state index in [0.29, 0.717) is 22.0 Å². The Morgan fingerprint density at radius 3 is 2.47 bits per heavy atom. The number of hydrogen-bond acceptors (Lipinski definition) is 7. The number of methoxy groups -OCH3 is 1. The van der Waals surface area contributed by atoms with E-state index in [1.165, 1.54) is 56.7 Å². The van der Waals surface area contributed by atoms with Crippen LogP contribution in [0.15, 0.2) is 29.2 Å². The summed E-state index contributed by atoms with van der Waals surface area (Å²) in [4.78, 5) is 37.5. The number of benzene rings is 1. The third-order valence-corrected chi connectivity index (χ3v) is 8.48. The van der Waals surface area contributed by atoms with Crippen molar-refractivity contribution in [2.24, 2.45) is 5.92 Å². The average Bonchev–Trinajstić information content (AvgIpc) is 3.09. The van der Waals surface area contributed by atoms with E-state index in [9.17, 15) is 22.8 Å². The van der Waals surface area contributed by atoms with Crippen LogP contribution in [0.1, 0.15) is 51.4 Å². The molecule has 10 heteroatoms. The second-order valence-electron chi connectivity index (χ2n) is 7.94. The molecule has 0 bridgehead atoms. The lowest BCUT2D eigenvalue weighted by Gasteiger charge is -2.18. The van der Waals surface area contributed by atoms with Crippen molar-refractivity contribution in [2.75, 3.05) is 26.0 Å². The van der Waals surface area contributed by atoms with Crippen molar-refractivity contribution in [2.45, 2.75) is 38.0 Å². The van der Waals surface area contributed by atoms with Gasteiger partial charge in [-0.2, -0.15) is 4.31 Å². The van der Waals surface area contributed by atoms with Crippen LogP contribution in [0.4, 0.5) is 5.00 Å². The van der Waals surface area contributed by atoms with Crippen LogP contribution in [0, 0.1) is 5.92 Å². The molecule has 1 aliphatic carbocycles. The van der Waals surface area contributed by atoms with Crippen molar-refractivity contribution in [3.63, 3.8) is 0 Å². The van der Waals surface area contributed by atoms with Crippen molar-refractivity contribution in [3.05, 3.63) is 45.8 Å². The number of likely N-dealkylation sites (N-methyl/N-ethyl adjacent to an activating group) is 1. The van der Waals surface area contributed by atoms with Gasteiger partial charge in [0, 0.05) is 17.5 Å². The molecule has 1 aromatic heterocycles. The molecule has 0 fully saturated rings. The molecule has 2 aromatic rings. The van der Waals surface area contributed by atoms with Crippen molar-refractivity contribution < 1.29 is 27.5 Å². The number of hydrogen-bond donors (Lipinski definition) is 1. The highest BCUT2D eigenvalue weighted by Gasteiger charge is 2.30. The topological polar surface area (TPSA) is 110 Å². The number of Topliss-reactive ketones (excluding diaryl/α,β-unsaturated/α-hetero) is 1. The van der Waals surface area contributed by atoms with E-state index in [-0.39, 0.29) is 10.7 Å². The van der Waals surface area contributed by atoms with Crippen molar-refractivity contribution in [3.8, 4) is 0 Å². The van der Waals surface area contributed by atoms with Gasteiger partial charge < -0.3 is 10.1 Å². The molecule has 0 saturated carbocycles. The fourth-order valence-corrected chi connectivity index (χ4v) is 6.19. The molecule has 1 aromatic carbocycles. The van der Waals surface area contributed by atoms with Crippen LogP contribution in [0.3, 0.4) is 0 Å². The molecular formula is C22H26N2O6S2. The number of fused-ring (bicyclic) bond motifs is 1. The van der Waals surface area contributed by atoms with Crippen LogP contribution in [-0.2, 0) is 32.4 Å². The summed E-state index contributed by atoms with van der Waals surface area (Å²) >= 11 is 1.34. The Balaban J connectivity index is 1.78. The summed E-state index contributed by atoms with van der Waals surface area (Å²) in [6.07, 6.45) is 2.51. The van der Waals surface area contributed by atoms with E-state index in [1.54, 1.807) is 0 Å². The summed E-state index contributed by atoms with van der Waals surface area (Å²) in [6, 6.07) is 5.54. The van der Waals surface area contributed by atoms with Gasteiger partial charge in [0.25, 0.3) is 0 Å². The first-order chi connectivity index (χ1) is 15.0. The molecule has 1 N–H and O–H groups in total. The van der Waals surface area contributed by atoms with Gasteiger partial charge >= 0.3 is 5.97 Å². The molecule has 3 rings (SSSR count). The predicted molar refractivity (Wildman–Crippen MR) is 122 cm³/mol. The largest absolute Gasteiger partial charge is 0.465 e. The van der Waals surface area contributed by atoms with Crippen molar-refractivity contribution in [1.29, 1.82) is 0 Å². The summed E-state index contributed by atoms with van der Waals surface area (Å²) < 4.78 is 31.5. The second kappa shape index (κ2) is 9.51. The molecule has 1 aliphatic rings. The van der Waals surface area contributed by atoms with Crippen molar-refractivity contribution in [1.82, 2.24) is 4.31 Å². The van der Waals surface area contributed by atoms with Crippen LogP contribution in [0.5, 0.6) is 0 Å². The average molecular weight is 479 g/mol. The summed E-state index contributed by atoms with van der Waals surface area (Å²) in [6.45, 7) is 3.10. The molecule has 32 heavy (non-hydrogen) atoms. The Bertz CT molecular complexity index is 1150. The summed E-state index contributed by atoms with van der Waals surface area (Å²) in [5.41, 5.74) is 1.66. The number of nitrogens with one attached hydrogen (secondary N) is 1. The molecule has 172 valence electrons. The van der Waals surface area contributed by atoms with Gasteiger partial charge in [0.15, 0.2) is 5.78 Å². The number of carbonyl (C=O) groups excluding carboxylic acids is 3. The van der Waals surface area contributed by atoms with E-state index in [1.807, 2.05) is 0 Å². The van der Waals surface area contributed by atoms with E-state index in [0.717, 1.165) is 34.0 Å². The maximum absolute atomic E-state index is 12.8. The molecular weight excluding hydrogens is 452 g/mol. The third-order valence-electron chi connectivity index (χ3n) is 5.49. The Morgan fingerprint density at radius 2 is 1.88 bits per heavy atom. The lowest BCUT2D eigenvalue weighted by atomic mass is 9.88. The third kappa shape index (κ3) is 4.92. The molecule has 0 radical (unpaired) electrons. The zero-order chi connectivity index (χ0) is 23.6. The van der Waals surface area contributed by atoms with Gasteiger partial charge in [0.2, 0.25) is 15.9 Å². The van der Waals surface area contributed by atoms with Crippen LogP contribution in [0.2, 0.25) is 0 Å². The SMILES string of the molecule is COC(=O)c1c(NC(=O)CN(C)S(=O)(=O)c2ccc(C(C)=O)cc2)sc2c1CC[C@H](C)C2. The molecule has 1 heterocycles. The molecule has 1 amide bonds. The highest BCUT2D eigenvalue weighted by atomic mass is 32.2. The van der Waals surface area contributed by atoms with Gasteiger partial charge in [-0.25, -0.2) is 13.2 Å². The number of nitrogens with zero attached hydrogens (tertiary/aromatic N) is 1. The molecule has 8 nitrogen and oxygen atoms in total. The maximum Gasteiger partial charge on any atom is 0.341 e. The molecule has 0 aliphatic heterocycles. The normalized spacial score (nSPS) is 15.8.